The van der Waals surface area contributed by atoms with Crippen molar-refractivity contribution < 1.29 is 18.8 Å². The summed E-state index contributed by atoms with van der Waals surface area (Å²) in [7, 11) is 0. The quantitative estimate of drug-likeness (QED) is 0.710. The molecule has 2 atom stereocenters. The van der Waals surface area contributed by atoms with Crippen LogP contribution in [-0.2, 0) is 14.4 Å². The van der Waals surface area contributed by atoms with Crippen molar-refractivity contribution in [2.75, 3.05) is 19.7 Å². The highest BCUT2D eigenvalue weighted by Gasteiger charge is 2.47. The SMILES string of the molecule is CCOC(=O)[C@]1(C[C@@H]2CC(c3ccccc3F)=NO2)CCCN(C(C)C)C1. The molecule has 0 saturated carbocycles. The van der Waals surface area contributed by atoms with Crippen LogP contribution in [0, 0.1) is 11.2 Å². The highest BCUT2D eigenvalue weighted by molar-refractivity contribution is 6.01. The minimum Gasteiger partial charge on any atom is -0.466 e. The minimum absolute atomic E-state index is 0.154. The predicted molar refractivity (Wildman–Crippen MR) is 102 cm³/mol. The number of ether oxygens (including phenoxy) is 1. The van der Waals surface area contributed by atoms with Gasteiger partial charge in [0, 0.05) is 31.0 Å². The fourth-order valence-corrected chi connectivity index (χ4v) is 4.14. The molecule has 6 heteroatoms. The van der Waals surface area contributed by atoms with E-state index in [0.29, 0.717) is 43.3 Å². The van der Waals surface area contributed by atoms with Crippen molar-refractivity contribution in [1.29, 1.82) is 0 Å². The van der Waals surface area contributed by atoms with Crippen LogP contribution in [0.3, 0.4) is 0 Å². The number of oxime groups is 1. The summed E-state index contributed by atoms with van der Waals surface area (Å²) in [5.74, 6) is -0.456. The number of rotatable bonds is 6. The maximum absolute atomic E-state index is 14.1. The van der Waals surface area contributed by atoms with Gasteiger partial charge >= 0.3 is 5.97 Å². The zero-order valence-corrected chi connectivity index (χ0v) is 16.4. The van der Waals surface area contributed by atoms with Crippen molar-refractivity contribution in [1.82, 2.24) is 4.90 Å². The molecule has 1 aromatic carbocycles. The fraction of sp³-hybridized carbons (Fsp3) is 0.619. The minimum atomic E-state index is -0.594. The summed E-state index contributed by atoms with van der Waals surface area (Å²) in [6, 6.07) is 6.95. The van der Waals surface area contributed by atoms with E-state index < -0.39 is 5.41 Å². The molecular weight excluding hydrogens is 347 g/mol. The Bertz CT molecular complexity index is 706. The van der Waals surface area contributed by atoms with Gasteiger partial charge in [0.1, 0.15) is 11.9 Å². The number of halogens is 1. The smallest absolute Gasteiger partial charge is 0.313 e. The zero-order chi connectivity index (χ0) is 19.4. The average molecular weight is 376 g/mol. The number of esters is 1. The third-order valence-corrected chi connectivity index (χ3v) is 5.58. The molecule has 0 aliphatic carbocycles. The third-order valence-electron chi connectivity index (χ3n) is 5.58. The van der Waals surface area contributed by atoms with Gasteiger partial charge in [-0.15, -0.1) is 0 Å². The molecular formula is C21H29FN2O3. The van der Waals surface area contributed by atoms with Crippen LogP contribution in [-0.4, -0.2) is 48.4 Å². The largest absolute Gasteiger partial charge is 0.466 e. The van der Waals surface area contributed by atoms with Crippen LogP contribution in [0.5, 0.6) is 0 Å². The van der Waals surface area contributed by atoms with E-state index in [2.05, 4.69) is 23.9 Å². The van der Waals surface area contributed by atoms with Crippen LogP contribution in [0.4, 0.5) is 4.39 Å². The molecule has 2 aliphatic rings. The maximum Gasteiger partial charge on any atom is 0.313 e. The van der Waals surface area contributed by atoms with Gasteiger partial charge in [0.2, 0.25) is 0 Å². The average Bonchev–Trinajstić information content (AvgIpc) is 3.10. The van der Waals surface area contributed by atoms with Crippen molar-refractivity contribution >= 4 is 11.7 Å². The molecule has 1 saturated heterocycles. The number of nitrogens with zero attached hydrogens (tertiary/aromatic N) is 2. The first-order valence-electron chi connectivity index (χ1n) is 9.84. The Kier molecular flexibility index (Phi) is 6.15. The molecule has 27 heavy (non-hydrogen) atoms. The number of likely N-dealkylation sites (tertiary alicyclic amines) is 1. The van der Waals surface area contributed by atoms with Crippen LogP contribution < -0.4 is 0 Å². The van der Waals surface area contributed by atoms with Crippen LogP contribution in [0.25, 0.3) is 0 Å². The lowest BCUT2D eigenvalue weighted by Crippen LogP contribution is -2.52. The van der Waals surface area contributed by atoms with Gasteiger partial charge in [-0.3, -0.25) is 9.69 Å². The van der Waals surface area contributed by atoms with Gasteiger partial charge in [0.05, 0.1) is 17.7 Å². The van der Waals surface area contributed by atoms with Crippen molar-refractivity contribution in [3.63, 3.8) is 0 Å². The maximum atomic E-state index is 14.1. The predicted octanol–water partition coefficient (Wildman–Crippen LogP) is 3.76. The van der Waals surface area contributed by atoms with E-state index in [1.807, 2.05) is 6.92 Å². The van der Waals surface area contributed by atoms with E-state index in [4.69, 9.17) is 9.57 Å². The summed E-state index contributed by atoms with van der Waals surface area (Å²) < 4.78 is 19.5. The third kappa shape index (κ3) is 4.32. The first kappa shape index (κ1) is 19.8. The Labute approximate surface area is 160 Å². The summed E-state index contributed by atoms with van der Waals surface area (Å²) in [5, 5.41) is 4.12. The van der Waals surface area contributed by atoms with Crippen molar-refractivity contribution in [3.8, 4) is 0 Å². The lowest BCUT2D eigenvalue weighted by molar-refractivity contribution is -0.162. The standard InChI is InChI=1S/C21H29FN2O3/c1-4-26-20(25)21(10-7-11-24(14-21)15(2)3)13-16-12-19(23-27-16)17-8-5-6-9-18(17)22/h5-6,8-9,15-16H,4,7,10-14H2,1-3H3/t16-,21-/m0/s1. The van der Waals surface area contributed by atoms with Crippen LogP contribution >= 0.6 is 0 Å². The second-order valence-corrected chi connectivity index (χ2v) is 7.82. The molecule has 0 radical (unpaired) electrons. The van der Waals surface area contributed by atoms with Crippen LogP contribution in [0.1, 0.15) is 52.0 Å². The van der Waals surface area contributed by atoms with E-state index >= 15 is 0 Å². The highest BCUT2D eigenvalue weighted by Crippen LogP contribution is 2.39. The molecule has 0 aromatic heterocycles. The van der Waals surface area contributed by atoms with Crippen LogP contribution in [0.15, 0.2) is 29.4 Å². The van der Waals surface area contributed by atoms with Crippen molar-refractivity contribution in [2.24, 2.45) is 10.6 Å². The van der Waals surface area contributed by atoms with E-state index in [1.165, 1.54) is 6.07 Å². The second kappa shape index (κ2) is 8.38. The lowest BCUT2D eigenvalue weighted by atomic mass is 9.74. The van der Waals surface area contributed by atoms with Crippen molar-refractivity contribution in [3.05, 3.63) is 35.6 Å². The first-order chi connectivity index (χ1) is 12.9. The molecule has 3 rings (SSSR count). The first-order valence-corrected chi connectivity index (χ1v) is 9.84. The van der Waals surface area contributed by atoms with Crippen LogP contribution in [0.2, 0.25) is 0 Å². The Balaban J connectivity index is 1.74. The van der Waals surface area contributed by atoms with Gasteiger partial charge in [-0.1, -0.05) is 23.4 Å². The Morgan fingerprint density at radius 1 is 1.44 bits per heavy atom. The summed E-state index contributed by atoms with van der Waals surface area (Å²) in [5.41, 5.74) is 0.481. The summed E-state index contributed by atoms with van der Waals surface area (Å²) in [4.78, 5) is 20.8. The molecule has 0 amide bonds. The normalized spacial score (nSPS) is 26.0. The van der Waals surface area contributed by atoms with Gasteiger partial charge in [-0.25, -0.2) is 4.39 Å². The van der Waals surface area contributed by atoms with E-state index in [1.54, 1.807) is 18.2 Å². The molecule has 1 aromatic rings. The lowest BCUT2D eigenvalue weighted by Gasteiger charge is -2.43. The summed E-state index contributed by atoms with van der Waals surface area (Å²) in [6.45, 7) is 8.14. The molecule has 148 valence electrons. The molecule has 2 aliphatic heterocycles. The Hall–Kier alpha value is -1.95. The molecule has 0 spiro atoms. The van der Waals surface area contributed by atoms with E-state index in [9.17, 15) is 9.18 Å². The Morgan fingerprint density at radius 3 is 2.93 bits per heavy atom. The van der Waals surface area contributed by atoms with E-state index in [0.717, 1.165) is 19.4 Å². The summed E-state index contributed by atoms with van der Waals surface area (Å²) >= 11 is 0. The molecule has 5 nitrogen and oxygen atoms in total. The number of piperidine rings is 1. The van der Waals surface area contributed by atoms with Gasteiger partial charge in [-0.05, 0) is 46.2 Å². The number of benzene rings is 1. The second-order valence-electron chi connectivity index (χ2n) is 7.82. The topological polar surface area (TPSA) is 51.1 Å². The summed E-state index contributed by atoms with van der Waals surface area (Å²) in [6.07, 6.45) is 2.53. The molecule has 0 bridgehead atoms. The number of hydrogen-bond donors (Lipinski definition) is 0. The fourth-order valence-electron chi connectivity index (χ4n) is 4.14. The zero-order valence-electron chi connectivity index (χ0n) is 16.4. The molecule has 0 unspecified atom stereocenters. The van der Waals surface area contributed by atoms with Gasteiger partial charge in [-0.2, -0.15) is 0 Å². The monoisotopic (exact) mass is 376 g/mol. The molecule has 1 fully saturated rings. The molecule has 0 N–H and O–H groups in total. The van der Waals surface area contributed by atoms with Gasteiger partial charge < -0.3 is 9.57 Å². The number of carbonyl (C=O) groups excluding carboxylic acids is 1. The van der Waals surface area contributed by atoms with Crippen molar-refractivity contribution in [2.45, 2.75) is 58.6 Å². The molecule has 2 heterocycles. The van der Waals surface area contributed by atoms with Gasteiger partial charge in [0.15, 0.2) is 0 Å². The number of carbonyl (C=O) groups is 1. The number of hydrogen-bond acceptors (Lipinski definition) is 5. The highest BCUT2D eigenvalue weighted by atomic mass is 19.1. The Morgan fingerprint density at radius 2 is 2.22 bits per heavy atom. The van der Waals surface area contributed by atoms with Gasteiger partial charge in [0.25, 0.3) is 0 Å². The van der Waals surface area contributed by atoms with E-state index in [-0.39, 0.29) is 17.9 Å².